The molecule has 0 spiro atoms. The maximum Gasteiger partial charge on any atom is 0.255 e. The number of allylic oxidation sites excluding steroid dienone is 1. The first kappa shape index (κ1) is 19.1. The second-order valence-electron chi connectivity index (χ2n) is 7.78. The maximum absolute atomic E-state index is 13.5. The minimum atomic E-state index is -0.278. The van der Waals surface area contributed by atoms with Gasteiger partial charge in [0.2, 0.25) is 5.95 Å². The van der Waals surface area contributed by atoms with Crippen LogP contribution < -0.4 is 10.6 Å². The van der Waals surface area contributed by atoms with Crippen molar-refractivity contribution in [3.63, 3.8) is 0 Å². The van der Waals surface area contributed by atoms with Gasteiger partial charge in [-0.15, -0.1) is 0 Å². The van der Waals surface area contributed by atoms with E-state index in [1.165, 1.54) is 5.56 Å². The van der Waals surface area contributed by atoms with Crippen LogP contribution in [0.5, 0.6) is 0 Å². The number of fused-ring (bicyclic) bond motifs is 3. The smallest absolute Gasteiger partial charge is 0.255 e. The van der Waals surface area contributed by atoms with Gasteiger partial charge in [-0.1, -0.05) is 61.5 Å². The largest absolute Gasteiger partial charge is 0.329 e. The molecule has 2 N–H and O–H groups in total. The van der Waals surface area contributed by atoms with E-state index in [4.69, 9.17) is 4.98 Å². The van der Waals surface area contributed by atoms with Gasteiger partial charge in [0.15, 0.2) is 0 Å². The molecule has 3 aromatic carbocycles. The lowest BCUT2D eigenvalue weighted by Gasteiger charge is -2.30. The van der Waals surface area contributed by atoms with E-state index in [2.05, 4.69) is 34.3 Å². The van der Waals surface area contributed by atoms with Crippen LogP contribution in [0.2, 0.25) is 0 Å². The highest BCUT2D eigenvalue weighted by Crippen LogP contribution is 2.39. The third-order valence-electron chi connectivity index (χ3n) is 5.81. The van der Waals surface area contributed by atoms with Gasteiger partial charge < -0.3 is 10.6 Å². The van der Waals surface area contributed by atoms with Gasteiger partial charge in [0, 0.05) is 11.4 Å². The molecule has 0 aliphatic carbocycles. The van der Waals surface area contributed by atoms with Crippen molar-refractivity contribution in [1.29, 1.82) is 0 Å². The van der Waals surface area contributed by atoms with Crippen molar-refractivity contribution in [3.05, 3.63) is 101 Å². The van der Waals surface area contributed by atoms with E-state index in [0.717, 1.165) is 40.4 Å². The zero-order valence-corrected chi connectivity index (χ0v) is 17.6. The van der Waals surface area contributed by atoms with Crippen LogP contribution in [-0.4, -0.2) is 15.5 Å². The summed E-state index contributed by atoms with van der Waals surface area (Å²) in [6, 6.07) is 25.9. The number of anilines is 2. The predicted molar refractivity (Wildman–Crippen MR) is 125 cm³/mol. The number of carbonyl (C=O) groups excluding carboxylic acids is 1. The third-order valence-corrected chi connectivity index (χ3v) is 5.81. The van der Waals surface area contributed by atoms with Crippen molar-refractivity contribution in [2.75, 3.05) is 10.6 Å². The Labute approximate surface area is 181 Å². The van der Waals surface area contributed by atoms with Gasteiger partial charge in [-0.25, -0.2) is 4.98 Å². The molecule has 5 nitrogen and oxygen atoms in total. The van der Waals surface area contributed by atoms with Crippen LogP contribution in [-0.2, 0) is 11.2 Å². The predicted octanol–water partition coefficient (Wildman–Crippen LogP) is 5.53. The Morgan fingerprint density at radius 2 is 1.71 bits per heavy atom. The fraction of sp³-hybridized carbons (Fsp3) is 0.154. The lowest BCUT2D eigenvalue weighted by atomic mass is 9.94. The fourth-order valence-electron chi connectivity index (χ4n) is 4.23. The average molecular weight is 409 g/mol. The van der Waals surface area contributed by atoms with E-state index < -0.39 is 0 Å². The molecule has 31 heavy (non-hydrogen) atoms. The molecular formula is C26H24N4O. The minimum absolute atomic E-state index is 0.119. The molecule has 4 aromatic rings. The first-order chi connectivity index (χ1) is 15.2. The number of amides is 1. The molecule has 1 aliphatic rings. The Hall–Kier alpha value is -3.86. The molecule has 1 amide bonds. The maximum atomic E-state index is 13.5. The van der Waals surface area contributed by atoms with Crippen molar-refractivity contribution in [1.82, 2.24) is 9.55 Å². The Morgan fingerprint density at radius 3 is 2.45 bits per heavy atom. The number of rotatable bonds is 4. The van der Waals surface area contributed by atoms with Gasteiger partial charge >= 0.3 is 0 Å². The molecule has 0 saturated carbocycles. The van der Waals surface area contributed by atoms with Crippen LogP contribution in [0.1, 0.15) is 31.0 Å². The van der Waals surface area contributed by atoms with Gasteiger partial charge in [0.1, 0.15) is 0 Å². The molecule has 2 heterocycles. The summed E-state index contributed by atoms with van der Waals surface area (Å²) in [6.45, 7) is 4.06. The first-order valence-electron chi connectivity index (χ1n) is 10.6. The van der Waals surface area contributed by atoms with Crippen LogP contribution in [0.4, 0.5) is 11.6 Å². The van der Waals surface area contributed by atoms with Crippen molar-refractivity contribution in [2.24, 2.45) is 0 Å². The molecule has 0 bridgehead atoms. The molecule has 0 radical (unpaired) electrons. The third kappa shape index (κ3) is 3.38. The average Bonchev–Trinajstić information content (AvgIpc) is 3.17. The molecule has 1 aromatic heterocycles. The zero-order chi connectivity index (χ0) is 21.4. The standard InChI is InChI=1S/C26H24N4O/c1-3-18-13-15-20(16-14-18)28-25(31)23-17(2)27-26-29-21-11-7-8-12-22(21)30(26)24(23)19-9-5-4-6-10-19/h4-16,24H,3H2,1-2H3,(H,27,29)(H,28,31). The van der Waals surface area contributed by atoms with Crippen LogP contribution in [0, 0.1) is 0 Å². The number of carbonyl (C=O) groups is 1. The van der Waals surface area contributed by atoms with E-state index in [1.807, 2.05) is 73.7 Å². The summed E-state index contributed by atoms with van der Waals surface area (Å²) in [4.78, 5) is 18.3. The molecular weight excluding hydrogens is 384 g/mol. The van der Waals surface area contributed by atoms with E-state index in [9.17, 15) is 4.79 Å². The number of imidazole rings is 1. The number of hydrogen-bond donors (Lipinski definition) is 2. The lowest BCUT2D eigenvalue weighted by molar-refractivity contribution is -0.113. The van der Waals surface area contributed by atoms with Crippen molar-refractivity contribution in [2.45, 2.75) is 26.3 Å². The molecule has 154 valence electrons. The van der Waals surface area contributed by atoms with Crippen LogP contribution in [0.3, 0.4) is 0 Å². The highest BCUT2D eigenvalue weighted by molar-refractivity contribution is 6.06. The summed E-state index contributed by atoms with van der Waals surface area (Å²) in [5, 5.41) is 6.45. The highest BCUT2D eigenvalue weighted by atomic mass is 16.1. The van der Waals surface area contributed by atoms with Crippen LogP contribution >= 0.6 is 0 Å². The van der Waals surface area contributed by atoms with Gasteiger partial charge in [0.05, 0.1) is 22.6 Å². The number of nitrogens with zero attached hydrogens (tertiary/aromatic N) is 2. The summed E-state index contributed by atoms with van der Waals surface area (Å²) in [5.74, 6) is 0.628. The van der Waals surface area contributed by atoms with Gasteiger partial charge in [-0.2, -0.15) is 0 Å². The lowest BCUT2D eigenvalue weighted by Crippen LogP contribution is -2.30. The second kappa shape index (κ2) is 7.76. The molecule has 5 rings (SSSR count). The minimum Gasteiger partial charge on any atom is -0.329 e. The van der Waals surface area contributed by atoms with E-state index in [1.54, 1.807) is 0 Å². The molecule has 1 atom stereocenters. The van der Waals surface area contributed by atoms with E-state index in [-0.39, 0.29) is 11.9 Å². The topological polar surface area (TPSA) is 59.0 Å². The summed E-state index contributed by atoms with van der Waals surface area (Å²) >= 11 is 0. The second-order valence-corrected chi connectivity index (χ2v) is 7.78. The molecule has 5 heteroatoms. The van der Waals surface area contributed by atoms with Gasteiger partial charge in [-0.05, 0) is 48.7 Å². The zero-order valence-electron chi connectivity index (χ0n) is 17.6. The monoisotopic (exact) mass is 408 g/mol. The fourth-order valence-corrected chi connectivity index (χ4v) is 4.23. The SMILES string of the molecule is CCc1ccc(NC(=O)C2=C(C)Nc3nc4ccccc4n3C2c2ccccc2)cc1. The van der Waals surface area contributed by atoms with Crippen molar-refractivity contribution in [3.8, 4) is 0 Å². The number of aryl methyl sites for hydroxylation is 1. The quantitative estimate of drug-likeness (QED) is 0.467. The molecule has 1 unspecified atom stereocenters. The molecule has 1 aliphatic heterocycles. The number of para-hydroxylation sites is 2. The Balaban J connectivity index is 1.61. The normalized spacial score (nSPS) is 15.5. The number of benzene rings is 3. The Kier molecular flexibility index (Phi) is 4.79. The van der Waals surface area contributed by atoms with Crippen molar-refractivity contribution < 1.29 is 4.79 Å². The summed E-state index contributed by atoms with van der Waals surface area (Å²) in [6.07, 6.45) is 0.967. The van der Waals surface area contributed by atoms with Crippen LogP contribution in [0.15, 0.2) is 90.1 Å². The molecule has 0 saturated heterocycles. The summed E-state index contributed by atoms with van der Waals surface area (Å²) in [5.41, 5.74) is 6.44. The van der Waals surface area contributed by atoms with E-state index >= 15 is 0 Å². The Morgan fingerprint density at radius 1 is 1.00 bits per heavy atom. The Bertz CT molecular complexity index is 1290. The summed E-state index contributed by atoms with van der Waals surface area (Å²) in [7, 11) is 0. The molecule has 0 fully saturated rings. The highest BCUT2D eigenvalue weighted by Gasteiger charge is 2.33. The van der Waals surface area contributed by atoms with Gasteiger partial charge in [0.25, 0.3) is 5.91 Å². The number of nitrogens with one attached hydrogen (secondary N) is 2. The number of aromatic nitrogens is 2. The number of hydrogen-bond acceptors (Lipinski definition) is 3. The summed E-state index contributed by atoms with van der Waals surface area (Å²) < 4.78 is 2.12. The first-order valence-corrected chi connectivity index (χ1v) is 10.6. The van der Waals surface area contributed by atoms with E-state index in [0.29, 0.717) is 5.57 Å². The van der Waals surface area contributed by atoms with Gasteiger partial charge in [-0.3, -0.25) is 9.36 Å². The van der Waals surface area contributed by atoms with Crippen molar-refractivity contribution >= 4 is 28.6 Å². The van der Waals surface area contributed by atoms with Crippen LogP contribution in [0.25, 0.3) is 11.0 Å².